The quantitative estimate of drug-likeness (QED) is 0.790. The van der Waals surface area contributed by atoms with Crippen molar-refractivity contribution < 1.29 is 8.42 Å². The van der Waals surface area contributed by atoms with Gasteiger partial charge >= 0.3 is 0 Å². The average Bonchev–Trinajstić information content (AvgIpc) is 2.97. The largest absolute Gasteiger partial charge is 0.384 e. The van der Waals surface area contributed by atoms with Crippen LogP contribution in [0, 0.1) is 0 Å². The molecule has 1 aromatic carbocycles. The standard InChI is InChI=1S/C14H20N4O2S/c1-17(2)21(19,20)14-7-4-3-6-13(14)16-8-5-10-18-11-9-15-12-18/h3-4,6-7,9,11-12,16H,5,8,10H2,1-2H3. The molecular weight excluding hydrogens is 288 g/mol. The summed E-state index contributed by atoms with van der Waals surface area (Å²) in [5.41, 5.74) is 0.636. The van der Waals surface area contributed by atoms with Gasteiger partial charge in [-0.05, 0) is 18.6 Å². The van der Waals surface area contributed by atoms with Crippen molar-refractivity contribution in [3.8, 4) is 0 Å². The number of sulfonamides is 1. The Hall–Kier alpha value is -1.86. The van der Waals surface area contributed by atoms with Crippen molar-refractivity contribution in [1.29, 1.82) is 0 Å². The summed E-state index contributed by atoms with van der Waals surface area (Å²) in [6.45, 7) is 1.54. The number of anilines is 1. The lowest BCUT2D eigenvalue weighted by atomic mass is 10.3. The number of hydrogen-bond acceptors (Lipinski definition) is 4. The van der Waals surface area contributed by atoms with E-state index in [4.69, 9.17) is 0 Å². The van der Waals surface area contributed by atoms with Gasteiger partial charge in [0.05, 0.1) is 12.0 Å². The van der Waals surface area contributed by atoms with Gasteiger partial charge in [0.2, 0.25) is 10.0 Å². The molecule has 0 fully saturated rings. The molecule has 0 radical (unpaired) electrons. The minimum atomic E-state index is -3.43. The molecule has 6 nitrogen and oxygen atoms in total. The Labute approximate surface area is 125 Å². The van der Waals surface area contributed by atoms with Crippen molar-refractivity contribution in [2.75, 3.05) is 26.0 Å². The maximum Gasteiger partial charge on any atom is 0.244 e. The van der Waals surface area contributed by atoms with Crippen molar-refractivity contribution in [1.82, 2.24) is 13.9 Å². The minimum Gasteiger partial charge on any atom is -0.384 e. The summed E-state index contributed by atoms with van der Waals surface area (Å²) < 4.78 is 27.7. The maximum absolute atomic E-state index is 12.2. The van der Waals surface area contributed by atoms with Crippen LogP contribution in [0.3, 0.4) is 0 Å². The fourth-order valence-corrected chi connectivity index (χ4v) is 3.00. The Kier molecular flexibility index (Phi) is 4.98. The SMILES string of the molecule is CN(C)S(=O)(=O)c1ccccc1NCCCn1ccnc1. The van der Waals surface area contributed by atoms with Crippen LogP contribution in [0.5, 0.6) is 0 Å². The van der Waals surface area contributed by atoms with Crippen molar-refractivity contribution >= 4 is 15.7 Å². The number of aromatic nitrogens is 2. The highest BCUT2D eigenvalue weighted by molar-refractivity contribution is 7.89. The van der Waals surface area contributed by atoms with E-state index < -0.39 is 10.0 Å². The topological polar surface area (TPSA) is 67.2 Å². The van der Waals surface area contributed by atoms with Gasteiger partial charge < -0.3 is 9.88 Å². The van der Waals surface area contributed by atoms with Crippen LogP contribution in [-0.4, -0.2) is 42.9 Å². The van der Waals surface area contributed by atoms with E-state index >= 15 is 0 Å². The van der Waals surface area contributed by atoms with Crippen LogP contribution in [0.4, 0.5) is 5.69 Å². The predicted molar refractivity (Wildman–Crippen MR) is 82.6 cm³/mol. The molecule has 0 unspecified atom stereocenters. The van der Waals surface area contributed by atoms with E-state index in [2.05, 4.69) is 10.3 Å². The number of para-hydroxylation sites is 1. The zero-order chi connectivity index (χ0) is 15.3. The van der Waals surface area contributed by atoms with E-state index in [9.17, 15) is 8.42 Å². The lowest BCUT2D eigenvalue weighted by Crippen LogP contribution is -2.23. The van der Waals surface area contributed by atoms with Gasteiger partial charge in [-0.1, -0.05) is 12.1 Å². The third-order valence-electron chi connectivity index (χ3n) is 3.11. The predicted octanol–water partition coefficient (Wildman–Crippen LogP) is 1.64. The number of nitrogens with zero attached hydrogens (tertiary/aromatic N) is 3. The fourth-order valence-electron chi connectivity index (χ4n) is 1.94. The zero-order valence-electron chi connectivity index (χ0n) is 12.2. The summed E-state index contributed by atoms with van der Waals surface area (Å²) in [5, 5.41) is 3.20. The highest BCUT2D eigenvalue weighted by atomic mass is 32.2. The zero-order valence-corrected chi connectivity index (χ0v) is 13.0. The molecule has 0 saturated carbocycles. The molecule has 0 bridgehead atoms. The van der Waals surface area contributed by atoms with Gasteiger partial charge in [-0.3, -0.25) is 0 Å². The van der Waals surface area contributed by atoms with Crippen LogP contribution in [0.2, 0.25) is 0 Å². The molecule has 0 aliphatic heterocycles. The van der Waals surface area contributed by atoms with Gasteiger partial charge in [-0.15, -0.1) is 0 Å². The number of imidazole rings is 1. The number of rotatable bonds is 7. The Morgan fingerprint density at radius 3 is 2.71 bits per heavy atom. The summed E-state index contributed by atoms with van der Waals surface area (Å²) in [6, 6.07) is 6.96. The Bertz CT molecular complexity index is 666. The van der Waals surface area contributed by atoms with Crippen LogP contribution in [-0.2, 0) is 16.6 Å². The second kappa shape index (κ2) is 6.73. The first-order valence-electron chi connectivity index (χ1n) is 6.73. The van der Waals surface area contributed by atoms with E-state index in [-0.39, 0.29) is 0 Å². The molecule has 0 amide bonds. The molecule has 2 rings (SSSR count). The summed E-state index contributed by atoms with van der Waals surface area (Å²) in [7, 11) is -0.366. The van der Waals surface area contributed by atoms with Crippen LogP contribution in [0.15, 0.2) is 47.9 Å². The molecule has 0 aliphatic rings. The number of aryl methyl sites for hydroxylation is 1. The normalized spacial score (nSPS) is 11.8. The van der Waals surface area contributed by atoms with Gasteiger partial charge in [0.1, 0.15) is 4.90 Å². The second-order valence-electron chi connectivity index (χ2n) is 4.86. The number of benzene rings is 1. The van der Waals surface area contributed by atoms with E-state index in [1.807, 2.05) is 16.8 Å². The first-order chi connectivity index (χ1) is 10.0. The Morgan fingerprint density at radius 1 is 1.29 bits per heavy atom. The molecule has 0 atom stereocenters. The Morgan fingerprint density at radius 2 is 2.05 bits per heavy atom. The third kappa shape index (κ3) is 3.83. The second-order valence-corrected chi connectivity index (χ2v) is 6.98. The van der Waals surface area contributed by atoms with Gasteiger partial charge in [-0.25, -0.2) is 17.7 Å². The van der Waals surface area contributed by atoms with Crippen LogP contribution in [0.25, 0.3) is 0 Å². The molecule has 0 saturated heterocycles. The first kappa shape index (κ1) is 15.5. The Balaban J connectivity index is 2.00. The molecule has 2 aromatic rings. The van der Waals surface area contributed by atoms with Gasteiger partial charge in [0.25, 0.3) is 0 Å². The number of hydrogen-bond donors (Lipinski definition) is 1. The van der Waals surface area contributed by atoms with Gasteiger partial charge in [-0.2, -0.15) is 0 Å². The third-order valence-corrected chi connectivity index (χ3v) is 4.99. The van der Waals surface area contributed by atoms with Crippen molar-refractivity contribution in [3.63, 3.8) is 0 Å². The molecule has 114 valence electrons. The molecule has 1 heterocycles. The summed E-state index contributed by atoms with van der Waals surface area (Å²) >= 11 is 0. The first-order valence-corrected chi connectivity index (χ1v) is 8.17. The number of nitrogens with one attached hydrogen (secondary N) is 1. The monoisotopic (exact) mass is 308 g/mol. The van der Waals surface area contributed by atoms with E-state index in [1.165, 1.54) is 18.4 Å². The summed E-state index contributed by atoms with van der Waals surface area (Å²) in [5.74, 6) is 0. The van der Waals surface area contributed by atoms with Crippen molar-refractivity contribution in [2.45, 2.75) is 17.9 Å². The lowest BCUT2D eigenvalue weighted by molar-refractivity contribution is 0.521. The summed E-state index contributed by atoms with van der Waals surface area (Å²) in [4.78, 5) is 4.29. The summed E-state index contributed by atoms with van der Waals surface area (Å²) in [6.07, 6.45) is 6.30. The van der Waals surface area contributed by atoms with E-state index in [1.54, 1.807) is 30.7 Å². The molecular formula is C14H20N4O2S. The highest BCUT2D eigenvalue weighted by Crippen LogP contribution is 2.22. The molecule has 21 heavy (non-hydrogen) atoms. The molecule has 0 aliphatic carbocycles. The maximum atomic E-state index is 12.2. The average molecular weight is 308 g/mol. The van der Waals surface area contributed by atoms with Crippen molar-refractivity contribution in [2.24, 2.45) is 0 Å². The fraction of sp³-hybridized carbons (Fsp3) is 0.357. The molecule has 7 heteroatoms. The minimum absolute atomic E-state index is 0.303. The van der Waals surface area contributed by atoms with Crippen molar-refractivity contribution in [3.05, 3.63) is 43.0 Å². The lowest BCUT2D eigenvalue weighted by Gasteiger charge is -2.16. The van der Waals surface area contributed by atoms with Gasteiger partial charge in [0, 0.05) is 39.6 Å². The van der Waals surface area contributed by atoms with Gasteiger partial charge in [0.15, 0.2) is 0 Å². The molecule has 1 N–H and O–H groups in total. The van der Waals surface area contributed by atoms with Crippen LogP contribution >= 0.6 is 0 Å². The van der Waals surface area contributed by atoms with E-state index in [0.717, 1.165) is 13.0 Å². The van der Waals surface area contributed by atoms with Crippen LogP contribution in [0.1, 0.15) is 6.42 Å². The highest BCUT2D eigenvalue weighted by Gasteiger charge is 2.20. The van der Waals surface area contributed by atoms with E-state index in [0.29, 0.717) is 17.1 Å². The molecule has 1 aromatic heterocycles. The van der Waals surface area contributed by atoms with Crippen LogP contribution < -0.4 is 5.32 Å². The molecule has 0 spiro atoms. The smallest absolute Gasteiger partial charge is 0.244 e.